The van der Waals surface area contributed by atoms with Gasteiger partial charge in [0.05, 0.1) is 6.61 Å². The zero-order chi connectivity index (χ0) is 22.0. The number of rotatable bonds is 13. The summed E-state index contributed by atoms with van der Waals surface area (Å²) >= 11 is 1.91. The molecule has 0 aliphatic carbocycles. The molecule has 0 spiro atoms. The van der Waals surface area contributed by atoms with E-state index in [-0.39, 0.29) is 6.61 Å². The van der Waals surface area contributed by atoms with E-state index in [0.717, 1.165) is 57.8 Å². The molecule has 0 aromatic heterocycles. The largest absolute Gasteiger partial charge is 0.397 e. The molecule has 27 heavy (non-hydrogen) atoms. The van der Waals surface area contributed by atoms with Crippen LogP contribution in [0.2, 0.25) is 0 Å². The van der Waals surface area contributed by atoms with Crippen LogP contribution in [0.1, 0.15) is 67.2 Å². The van der Waals surface area contributed by atoms with Gasteiger partial charge in [-0.25, -0.2) is 0 Å². The van der Waals surface area contributed by atoms with Gasteiger partial charge in [-0.2, -0.15) is 11.8 Å². The zero-order valence-electron chi connectivity index (χ0n) is 19.2. The average molecular weight is 414 g/mol. The van der Waals surface area contributed by atoms with Crippen molar-refractivity contribution in [2.24, 2.45) is 5.73 Å². The molecule has 4 N–H and O–H groups in total. The molecule has 0 bridgehead atoms. The minimum Gasteiger partial charge on any atom is -0.397 e. The lowest BCUT2D eigenvalue weighted by molar-refractivity contribution is 0.136. The van der Waals surface area contributed by atoms with Crippen LogP contribution < -0.4 is 5.73 Å². The molecule has 0 unspecified atom stereocenters. The summed E-state index contributed by atoms with van der Waals surface area (Å²) in [5.74, 6) is 2.26. The average Bonchev–Trinajstić information content (AvgIpc) is 2.71. The van der Waals surface area contributed by atoms with Gasteiger partial charge in [-0.1, -0.05) is 40.7 Å². The highest BCUT2D eigenvalue weighted by atomic mass is 32.2. The minimum atomic E-state index is 0.250. The number of ether oxygens (including phenoxy) is 2. The molecular formula is C21H51NO4S. The first-order chi connectivity index (χ1) is 13.2. The Balaban J connectivity index is -0.0000000864. The summed E-state index contributed by atoms with van der Waals surface area (Å²) in [4.78, 5) is 0. The maximum absolute atomic E-state index is 7.88. The standard InChI is InChI=1S/C8H19NOS.C6H12O.C3H8O.C2H6O.C2H6/c1-2-5-10-6-3-7-11-8-4-9;1-3-5-7-6-4-2;1-2-3-4;1-2-3;1-2/h2-9H2,1H3;3H,1,4-6H2,2H3;4H,2-3H2,1H3;3H,2H2,1H3;1-2H3. The van der Waals surface area contributed by atoms with Gasteiger partial charge in [0.2, 0.25) is 0 Å². The number of thioether (sulfide) groups is 1. The van der Waals surface area contributed by atoms with Gasteiger partial charge < -0.3 is 25.4 Å². The lowest BCUT2D eigenvalue weighted by atomic mass is 10.5. The summed E-state index contributed by atoms with van der Waals surface area (Å²) in [7, 11) is 0. The van der Waals surface area contributed by atoms with E-state index in [1.165, 1.54) is 5.75 Å². The van der Waals surface area contributed by atoms with Gasteiger partial charge in [0.15, 0.2) is 0 Å². The van der Waals surface area contributed by atoms with Crippen molar-refractivity contribution in [1.82, 2.24) is 0 Å². The quantitative estimate of drug-likeness (QED) is 0.304. The third-order valence-electron chi connectivity index (χ3n) is 2.00. The monoisotopic (exact) mass is 413 g/mol. The van der Waals surface area contributed by atoms with E-state index in [0.29, 0.717) is 13.2 Å². The highest BCUT2D eigenvalue weighted by molar-refractivity contribution is 7.99. The van der Waals surface area contributed by atoms with Gasteiger partial charge >= 0.3 is 0 Å². The molecule has 5 nitrogen and oxygen atoms in total. The van der Waals surface area contributed by atoms with E-state index in [1.54, 1.807) is 13.0 Å². The molecule has 0 aliphatic rings. The van der Waals surface area contributed by atoms with E-state index < -0.39 is 0 Å². The van der Waals surface area contributed by atoms with Crippen LogP contribution in [0.4, 0.5) is 0 Å². The fraction of sp³-hybridized carbons (Fsp3) is 0.905. The molecule has 0 atom stereocenters. The maximum atomic E-state index is 7.88. The van der Waals surface area contributed by atoms with E-state index in [2.05, 4.69) is 20.4 Å². The van der Waals surface area contributed by atoms with Gasteiger partial charge in [0.25, 0.3) is 0 Å². The third-order valence-corrected chi connectivity index (χ3v) is 3.10. The van der Waals surface area contributed by atoms with Gasteiger partial charge in [0.1, 0.15) is 0 Å². The Bertz CT molecular complexity index is 178. The van der Waals surface area contributed by atoms with Crippen molar-refractivity contribution in [3.63, 3.8) is 0 Å². The normalized spacial score (nSPS) is 8.48. The lowest BCUT2D eigenvalue weighted by Gasteiger charge is -2.01. The topological polar surface area (TPSA) is 84.9 Å². The molecule has 0 saturated heterocycles. The number of aliphatic hydroxyl groups excluding tert-OH is 2. The minimum absolute atomic E-state index is 0.250. The Morgan fingerprint density at radius 2 is 1.37 bits per heavy atom. The van der Waals surface area contributed by atoms with Crippen LogP contribution in [0.3, 0.4) is 0 Å². The molecular weight excluding hydrogens is 362 g/mol. The molecule has 0 fully saturated rings. The van der Waals surface area contributed by atoms with Gasteiger partial charge in [0, 0.05) is 45.3 Å². The van der Waals surface area contributed by atoms with Crippen LogP contribution in [-0.4, -0.2) is 67.9 Å². The Kier molecular flexibility index (Phi) is 78.3. The van der Waals surface area contributed by atoms with Crippen molar-refractivity contribution in [2.45, 2.75) is 67.2 Å². The second kappa shape index (κ2) is 56.2. The van der Waals surface area contributed by atoms with Crippen LogP contribution in [0.5, 0.6) is 0 Å². The Labute approximate surface area is 175 Å². The predicted octanol–water partition coefficient (Wildman–Crippen LogP) is 4.51. The summed E-state index contributed by atoms with van der Waals surface area (Å²) in [6.45, 7) is 20.0. The number of nitrogens with two attached hydrogens (primary N) is 1. The molecule has 170 valence electrons. The van der Waals surface area contributed by atoms with E-state index in [4.69, 9.17) is 25.4 Å². The molecule has 0 aromatic rings. The van der Waals surface area contributed by atoms with Crippen molar-refractivity contribution in [3.05, 3.63) is 12.7 Å². The Morgan fingerprint density at radius 3 is 1.74 bits per heavy atom. The van der Waals surface area contributed by atoms with Crippen LogP contribution >= 0.6 is 11.8 Å². The summed E-state index contributed by atoms with van der Waals surface area (Å²) in [5.41, 5.74) is 5.34. The summed E-state index contributed by atoms with van der Waals surface area (Å²) in [5, 5.41) is 15.4. The molecule has 0 rings (SSSR count). The second-order valence-electron chi connectivity index (χ2n) is 4.77. The van der Waals surface area contributed by atoms with Gasteiger partial charge in [-0.3, -0.25) is 0 Å². The molecule has 0 heterocycles. The zero-order valence-corrected chi connectivity index (χ0v) is 20.0. The van der Waals surface area contributed by atoms with E-state index in [1.807, 2.05) is 32.5 Å². The van der Waals surface area contributed by atoms with Crippen molar-refractivity contribution < 1.29 is 19.7 Å². The first-order valence-corrected chi connectivity index (χ1v) is 11.6. The lowest BCUT2D eigenvalue weighted by Crippen LogP contribution is -2.03. The second-order valence-corrected chi connectivity index (χ2v) is 6.00. The fourth-order valence-electron chi connectivity index (χ4n) is 1.01. The van der Waals surface area contributed by atoms with Crippen molar-refractivity contribution in [1.29, 1.82) is 0 Å². The SMILES string of the molecule is C=CCOCCC.CC.CCCO.CCCOCCCSCCN.CCO. The molecule has 0 amide bonds. The molecule has 6 heteroatoms. The van der Waals surface area contributed by atoms with E-state index in [9.17, 15) is 0 Å². The highest BCUT2D eigenvalue weighted by Gasteiger charge is 1.88. The maximum Gasteiger partial charge on any atom is 0.0644 e. The first kappa shape index (κ1) is 37.6. The van der Waals surface area contributed by atoms with Crippen LogP contribution in [0.25, 0.3) is 0 Å². The fourth-order valence-corrected chi connectivity index (χ4v) is 1.70. The number of hydrogen-bond donors (Lipinski definition) is 3. The van der Waals surface area contributed by atoms with Gasteiger partial charge in [-0.05, 0) is 38.4 Å². The molecule has 0 radical (unpaired) electrons. The van der Waals surface area contributed by atoms with Crippen molar-refractivity contribution >= 4 is 11.8 Å². The number of aliphatic hydroxyl groups is 2. The van der Waals surface area contributed by atoms with E-state index >= 15 is 0 Å². The molecule has 0 aromatic carbocycles. The van der Waals surface area contributed by atoms with Crippen LogP contribution in [0.15, 0.2) is 12.7 Å². The third kappa shape index (κ3) is 88.9. The molecule has 0 aliphatic heterocycles. The van der Waals surface area contributed by atoms with Crippen LogP contribution in [-0.2, 0) is 9.47 Å². The molecule has 0 saturated carbocycles. The van der Waals surface area contributed by atoms with Crippen molar-refractivity contribution in [2.75, 3.05) is 57.7 Å². The highest BCUT2D eigenvalue weighted by Crippen LogP contribution is 2.00. The predicted molar refractivity (Wildman–Crippen MR) is 125 cm³/mol. The number of hydrogen-bond acceptors (Lipinski definition) is 6. The summed E-state index contributed by atoms with van der Waals surface area (Å²) < 4.78 is 10.3. The smallest absolute Gasteiger partial charge is 0.0644 e. The summed E-state index contributed by atoms with van der Waals surface area (Å²) in [6.07, 6.45) is 6.00. The van der Waals surface area contributed by atoms with Crippen LogP contribution in [0, 0.1) is 0 Å². The Hall–Kier alpha value is -0.110. The Morgan fingerprint density at radius 1 is 0.889 bits per heavy atom. The summed E-state index contributed by atoms with van der Waals surface area (Å²) in [6, 6.07) is 0. The van der Waals surface area contributed by atoms with Gasteiger partial charge in [-0.15, -0.1) is 6.58 Å². The van der Waals surface area contributed by atoms with Crippen molar-refractivity contribution in [3.8, 4) is 0 Å². The first-order valence-electron chi connectivity index (χ1n) is 10.4.